The molecule has 16 heavy (non-hydrogen) atoms. The van der Waals surface area contributed by atoms with Crippen molar-refractivity contribution >= 4 is 11.7 Å². The van der Waals surface area contributed by atoms with Crippen LogP contribution in [0.4, 0.5) is 10.1 Å². The average Bonchev–Trinajstić information content (AvgIpc) is 2.26. The molecule has 0 aliphatic carbocycles. The maximum absolute atomic E-state index is 13.3. The molecule has 0 bridgehead atoms. The second-order valence-electron chi connectivity index (χ2n) is 3.13. The molecule has 0 fully saturated rings. The van der Waals surface area contributed by atoms with E-state index >= 15 is 0 Å². The predicted octanol–water partition coefficient (Wildman–Crippen LogP) is 0.521. The van der Waals surface area contributed by atoms with Crippen LogP contribution in [0.1, 0.15) is 5.56 Å². The van der Waals surface area contributed by atoms with Crippen LogP contribution >= 0.6 is 0 Å². The van der Waals surface area contributed by atoms with Gasteiger partial charge >= 0.3 is 5.97 Å². The Hall–Kier alpha value is -2.13. The second kappa shape index (κ2) is 5.09. The van der Waals surface area contributed by atoms with Gasteiger partial charge in [-0.05, 0) is 18.2 Å². The van der Waals surface area contributed by atoms with Gasteiger partial charge in [-0.2, -0.15) is 5.26 Å². The highest BCUT2D eigenvalue weighted by Crippen LogP contribution is 2.14. The molecule has 84 valence electrons. The highest BCUT2D eigenvalue weighted by molar-refractivity contribution is 5.74. The van der Waals surface area contributed by atoms with Gasteiger partial charge in [-0.3, -0.25) is 4.79 Å². The fraction of sp³-hybridized carbons (Fsp3) is 0.200. The molecule has 0 amide bonds. The molecule has 0 aliphatic heterocycles. The number of nitriles is 1. The van der Waals surface area contributed by atoms with Gasteiger partial charge in [0.15, 0.2) is 0 Å². The van der Waals surface area contributed by atoms with Crippen molar-refractivity contribution in [1.82, 2.24) is 0 Å². The first-order chi connectivity index (χ1) is 7.54. The monoisotopic (exact) mass is 223 g/mol. The van der Waals surface area contributed by atoms with Crippen molar-refractivity contribution in [2.24, 2.45) is 5.73 Å². The third kappa shape index (κ3) is 2.93. The highest BCUT2D eigenvalue weighted by atomic mass is 19.1. The summed E-state index contributed by atoms with van der Waals surface area (Å²) in [5, 5.41) is 19.6. The SMILES string of the molecule is N#Cc1ccc(NCC(N)C(=O)O)c(F)c1. The summed E-state index contributed by atoms with van der Waals surface area (Å²) in [7, 11) is 0. The molecular weight excluding hydrogens is 213 g/mol. The van der Waals surface area contributed by atoms with Crippen molar-refractivity contribution in [1.29, 1.82) is 5.26 Å². The lowest BCUT2D eigenvalue weighted by Crippen LogP contribution is -2.37. The summed E-state index contributed by atoms with van der Waals surface area (Å²) >= 11 is 0. The molecule has 0 saturated carbocycles. The third-order valence-electron chi connectivity index (χ3n) is 1.93. The first kappa shape index (κ1) is 11.9. The average molecular weight is 223 g/mol. The number of halogens is 1. The van der Waals surface area contributed by atoms with Gasteiger partial charge < -0.3 is 16.2 Å². The van der Waals surface area contributed by atoms with Gasteiger partial charge in [-0.25, -0.2) is 4.39 Å². The summed E-state index contributed by atoms with van der Waals surface area (Å²) in [5.74, 6) is -1.78. The van der Waals surface area contributed by atoms with Gasteiger partial charge in [0.1, 0.15) is 11.9 Å². The smallest absolute Gasteiger partial charge is 0.322 e. The van der Waals surface area contributed by atoms with E-state index in [-0.39, 0.29) is 17.8 Å². The lowest BCUT2D eigenvalue weighted by Gasteiger charge is -2.10. The van der Waals surface area contributed by atoms with E-state index in [0.29, 0.717) is 0 Å². The Bertz CT molecular complexity index is 442. The number of benzene rings is 1. The second-order valence-corrected chi connectivity index (χ2v) is 3.13. The van der Waals surface area contributed by atoms with Gasteiger partial charge in [-0.15, -0.1) is 0 Å². The summed E-state index contributed by atoms with van der Waals surface area (Å²) in [6.45, 7) is -0.0852. The minimum atomic E-state index is -1.17. The molecule has 6 heteroatoms. The number of hydrogen-bond acceptors (Lipinski definition) is 4. The Morgan fingerprint density at radius 1 is 1.69 bits per heavy atom. The Morgan fingerprint density at radius 2 is 2.38 bits per heavy atom. The van der Waals surface area contributed by atoms with Crippen LogP contribution in [-0.4, -0.2) is 23.7 Å². The van der Waals surface area contributed by atoms with Crippen LogP contribution < -0.4 is 11.1 Å². The number of anilines is 1. The number of nitrogens with two attached hydrogens (primary N) is 1. The molecule has 1 aromatic rings. The summed E-state index contributed by atoms with van der Waals surface area (Å²) in [6, 6.07) is 4.55. The van der Waals surface area contributed by atoms with E-state index < -0.39 is 17.8 Å². The van der Waals surface area contributed by atoms with E-state index in [1.807, 2.05) is 0 Å². The highest BCUT2D eigenvalue weighted by Gasteiger charge is 2.11. The van der Waals surface area contributed by atoms with E-state index in [0.717, 1.165) is 6.07 Å². The molecule has 0 spiro atoms. The predicted molar refractivity (Wildman–Crippen MR) is 55.2 cm³/mol. The lowest BCUT2D eigenvalue weighted by molar-refractivity contribution is -0.138. The molecule has 1 atom stereocenters. The third-order valence-corrected chi connectivity index (χ3v) is 1.93. The van der Waals surface area contributed by atoms with Crippen LogP contribution in [0.25, 0.3) is 0 Å². The minimum Gasteiger partial charge on any atom is -0.480 e. The van der Waals surface area contributed by atoms with Crippen LogP contribution in [0.5, 0.6) is 0 Å². The Balaban J connectivity index is 2.69. The van der Waals surface area contributed by atoms with E-state index in [1.54, 1.807) is 6.07 Å². The lowest BCUT2D eigenvalue weighted by atomic mass is 10.2. The molecule has 1 aromatic carbocycles. The fourth-order valence-corrected chi connectivity index (χ4v) is 1.04. The number of hydrogen-bond donors (Lipinski definition) is 3. The van der Waals surface area contributed by atoms with Crippen molar-refractivity contribution in [3.63, 3.8) is 0 Å². The molecule has 1 unspecified atom stereocenters. The molecule has 4 N–H and O–H groups in total. The largest absolute Gasteiger partial charge is 0.480 e. The summed E-state index contributed by atoms with van der Waals surface area (Å²) in [6.07, 6.45) is 0. The molecule has 0 radical (unpaired) electrons. The fourth-order valence-electron chi connectivity index (χ4n) is 1.04. The van der Waals surface area contributed by atoms with E-state index in [9.17, 15) is 9.18 Å². The zero-order valence-corrected chi connectivity index (χ0v) is 8.27. The number of carboxylic acids is 1. The Kier molecular flexibility index (Phi) is 3.80. The quantitative estimate of drug-likeness (QED) is 0.691. The molecule has 1 rings (SSSR count). The van der Waals surface area contributed by atoms with Crippen LogP contribution in [0.3, 0.4) is 0 Å². The maximum atomic E-state index is 13.3. The Morgan fingerprint density at radius 3 is 2.88 bits per heavy atom. The summed E-state index contributed by atoms with van der Waals surface area (Å²) < 4.78 is 13.3. The van der Waals surface area contributed by atoms with E-state index in [2.05, 4.69) is 5.32 Å². The van der Waals surface area contributed by atoms with Gasteiger partial charge in [0.2, 0.25) is 0 Å². The van der Waals surface area contributed by atoms with Gasteiger partial charge in [0, 0.05) is 6.54 Å². The van der Waals surface area contributed by atoms with Crippen molar-refractivity contribution in [2.45, 2.75) is 6.04 Å². The van der Waals surface area contributed by atoms with Crippen molar-refractivity contribution in [3.05, 3.63) is 29.6 Å². The molecule has 0 heterocycles. The van der Waals surface area contributed by atoms with E-state index in [4.69, 9.17) is 16.1 Å². The topological polar surface area (TPSA) is 99.1 Å². The van der Waals surface area contributed by atoms with E-state index in [1.165, 1.54) is 12.1 Å². The van der Waals surface area contributed by atoms with Crippen molar-refractivity contribution in [3.8, 4) is 6.07 Å². The number of carboxylic acid groups (broad SMARTS) is 1. The maximum Gasteiger partial charge on any atom is 0.322 e. The first-order valence-corrected chi connectivity index (χ1v) is 4.46. The number of aliphatic carboxylic acids is 1. The molecular formula is C10H10FN3O2. The minimum absolute atomic E-state index is 0.0852. The number of carbonyl (C=O) groups is 1. The normalized spacial score (nSPS) is 11.6. The molecule has 5 nitrogen and oxygen atoms in total. The van der Waals surface area contributed by atoms with Crippen molar-refractivity contribution < 1.29 is 14.3 Å². The first-order valence-electron chi connectivity index (χ1n) is 4.46. The molecule has 0 saturated heterocycles. The molecule has 0 aromatic heterocycles. The Labute approximate surface area is 91.3 Å². The standard InChI is InChI=1S/C10H10FN3O2/c11-7-3-6(4-12)1-2-9(7)14-5-8(13)10(15)16/h1-3,8,14H,5,13H2,(H,15,16). The van der Waals surface area contributed by atoms with Gasteiger partial charge in [0.25, 0.3) is 0 Å². The van der Waals surface area contributed by atoms with Crippen LogP contribution in [0.15, 0.2) is 18.2 Å². The van der Waals surface area contributed by atoms with Crippen LogP contribution in [0.2, 0.25) is 0 Å². The van der Waals surface area contributed by atoms with Gasteiger partial charge in [0.05, 0.1) is 17.3 Å². The molecule has 0 aliphatic rings. The van der Waals surface area contributed by atoms with Crippen LogP contribution in [0, 0.1) is 17.1 Å². The van der Waals surface area contributed by atoms with Gasteiger partial charge in [-0.1, -0.05) is 0 Å². The van der Waals surface area contributed by atoms with Crippen molar-refractivity contribution in [2.75, 3.05) is 11.9 Å². The number of rotatable bonds is 4. The number of nitrogens with one attached hydrogen (secondary N) is 1. The summed E-state index contributed by atoms with van der Waals surface area (Å²) in [5.41, 5.74) is 5.55. The number of nitrogens with zero attached hydrogens (tertiary/aromatic N) is 1. The van der Waals surface area contributed by atoms with Crippen LogP contribution in [-0.2, 0) is 4.79 Å². The summed E-state index contributed by atoms with van der Waals surface area (Å²) in [4.78, 5) is 10.4. The zero-order valence-electron chi connectivity index (χ0n) is 8.27. The zero-order chi connectivity index (χ0) is 12.1.